The van der Waals surface area contributed by atoms with Gasteiger partial charge in [0.25, 0.3) is 0 Å². The largest absolute Gasteiger partial charge is 0.355 e. The summed E-state index contributed by atoms with van der Waals surface area (Å²) in [5.74, 6) is 1.64. The van der Waals surface area contributed by atoms with E-state index in [1.54, 1.807) is 0 Å². The van der Waals surface area contributed by atoms with Crippen molar-refractivity contribution >= 4 is 5.91 Å². The first-order valence-corrected chi connectivity index (χ1v) is 6.61. The van der Waals surface area contributed by atoms with Gasteiger partial charge in [0.15, 0.2) is 0 Å². The molecule has 0 aromatic heterocycles. The molecule has 0 saturated heterocycles. The van der Waals surface area contributed by atoms with E-state index < -0.39 is 0 Å². The normalized spacial score (nSPS) is 19.2. The van der Waals surface area contributed by atoms with Gasteiger partial charge in [-0.2, -0.15) is 0 Å². The molecule has 1 amide bonds. The van der Waals surface area contributed by atoms with Gasteiger partial charge in [-0.3, -0.25) is 4.79 Å². The fourth-order valence-corrected chi connectivity index (χ4v) is 1.76. The van der Waals surface area contributed by atoms with E-state index in [1.807, 2.05) is 0 Å². The van der Waals surface area contributed by atoms with Gasteiger partial charge >= 0.3 is 0 Å². The summed E-state index contributed by atoms with van der Waals surface area (Å²) in [6.07, 6.45) is 4.93. The van der Waals surface area contributed by atoms with Crippen LogP contribution in [0.4, 0.5) is 0 Å². The molecule has 0 bridgehead atoms. The summed E-state index contributed by atoms with van der Waals surface area (Å²) in [5.41, 5.74) is 0. The molecule has 2 unspecified atom stereocenters. The monoisotopic (exact) mass is 226 g/mol. The molecule has 3 heteroatoms. The van der Waals surface area contributed by atoms with Crippen LogP contribution in [0.2, 0.25) is 0 Å². The van der Waals surface area contributed by atoms with Gasteiger partial charge in [-0.25, -0.2) is 0 Å². The third kappa shape index (κ3) is 6.11. The van der Waals surface area contributed by atoms with E-state index in [9.17, 15) is 4.79 Å². The molecule has 94 valence electrons. The van der Waals surface area contributed by atoms with E-state index in [-0.39, 0.29) is 5.91 Å². The number of carbonyl (C=O) groups excluding carboxylic acids is 1. The second-order valence-corrected chi connectivity index (χ2v) is 5.28. The highest BCUT2D eigenvalue weighted by molar-refractivity contribution is 5.78. The van der Waals surface area contributed by atoms with Crippen molar-refractivity contribution in [3.8, 4) is 0 Å². The van der Waals surface area contributed by atoms with Crippen LogP contribution in [0.3, 0.4) is 0 Å². The molecule has 1 rings (SSSR count). The highest BCUT2D eigenvalue weighted by Crippen LogP contribution is 2.27. The van der Waals surface area contributed by atoms with Gasteiger partial charge in [-0.1, -0.05) is 20.3 Å². The van der Waals surface area contributed by atoms with E-state index in [0.717, 1.165) is 24.8 Å². The molecule has 0 aromatic carbocycles. The van der Waals surface area contributed by atoms with Crippen molar-refractivity contribution in [1.29, 1.82) is 0 Å². The zero-order valence-electron chi connectivity index (χ0n) is 10.9. The minimum absolute atomic E-state index is 0.142. The number of amides is 1. The molecular weight excluding hydrogens is 200 g/mol. The zero-order chi connectivity index (χ0) is 12.0. The average Bonchev–Trinajstić information content (AvgIpc) is 3.07. The van der Waals surface area contributed by atoms with Gasteiger partial charge in [-0.05, 0) is 38.0 Å². The minimum Gasteiger partial charge on any atom is -0.355 e. The van der Waals surface area contributed by atoms with Crippen molar-refractivity contribution < 1.29 is 4.79 Å². The van der Waals surface area contributed by atoms with Gasteiger partial charge in [0, 0.05) is 12.6 Å². The Morgan fingerprint density at radius 1 is 1.38 bits per heavy atom. The summed E-state index contributed by atoms with van der Waals surface area (Å²) in [6.45, 7) is 7.95. The van der Waals surface area contributed by atoms with E-state index >= 15 is 0 Å². The van der Waals surface area contributed by atoms with Gasteiger partial charge < -0.3 is 10.6 Å². The lowest BCUT2D eigenvalue weighted by Gasteiger charge is -2.17. The topological polar surface area (TPSA) is 41.1 Å². The Kier molecular flexibility index (Phi) is 5.81. The van der Waals surface area contributed by atoms with Crippen LogP contribution >= 0.6 is 0 Å². The maximum absolute atomic E-state index is 11.5. The van der Waals surface area contributed by atoms with Crippen molar-refractivity contribution in [2.75, 3.05) is 13.1 Å². The maximum Gasteiger partial charge on any atom is 0.233 e. The predicted molar refractivity (Wildman–Crippen MR) is 67.3 cm³/mol. The summed E-state index contributed by atoms with van der Waals surface area (Å²) < 4.78 is 0. The molecule has 1 saturated carbocycles. The van der Waals surface area contributed by atoms with Crippen molar-refractivity contribution in [2.45, 2.75) is 52.5 Å². The van der Waals surface area contributed by atoms with Crippen molar-refractivity contribution in [2.24, 2.45) is 11.8 Å². The number of carbonyl (C=O) groups is 1. The maximum atomic E-state index is 11.5. The number of rotatable bonds is 8. The Hall–Kier alpha value is -0.570. The van der Waals surface area contributed by atoms with Crippen LogP contribution in [0.15, 0.2) is 0 Å². The van der Waals surface area contributed by atoms with E-state index in [0.29, 0.717) is 12.6 Å². The number of nitrogens with one attached hydrogen (secondary N) is 2. The zero-order valence-corrected chi connectivity index (χ0v) is 10.9. The van der Waals surface area contributed by atoms with Crippen LogP contribution < -0.4 is 10.6 Å². The molecule has 1 aliphatic rings. The molecule has 0 radical (unpaired) electrons. The predicted octanol–water partition coefficient (Wildman–Crippen LogP) is 1.93. The average molecular weight is 226 g/mol. The van der Waals surface area contributed by atoms with Gasteiger partial charge in [-0.15, -0.1) is 0 Å². The van der Waals surface area contributed by atoms with E-state index in [4.69, 9.17) is 0 Å². The fourth-order valence-electron chi connectivity index (χ4n) is 1.76. The molecule has 0 heterocycles. The molecule has 16 heavy (non-hydrogen) atoms. The molecule has 1 aliphatic carbocycles. The lowest BCUT2D eigenvalue weighted by Crippen LogP contribution is -2.39. The van der Waals surface area contributed by atoms with Crippen LogP contribution in [0, 0.1) is 11.8 Å². The molecule has 3 nitrogen and oxygen atoms in total. The van der Waals surface area contributed by atoms with Crippen LogP contribution in [-0.4, -0.2) is 25.0 Å². The van der Waals surface area contributed by atoms with Crippen LogP contribution in [0.5, 0.6) is 0 Å². The van der Waals surface area contributed by atoms with Crippen molar-refractivity contribution in [3.05, 3.63) is 0 Å². The van der Waals surface area contributed by atoms with Gasteiger partial charge in [0.2, 0.25) is 5.91 Å². The SMILES string of the molecule is CCC(C)CC(C)NCC(=O)NCC1CC1. The molecule has 2 N–H and O–H groups in total. The lowest BCUT2D eigenvalue weighted by atomic mass is 10.0. The van der Waals surface area contributed by atoms with Gasteiger partial charge in [0.1, 0.15) is 0 Å². The van der Waals surface area contributed by atoms with E-state index in [1.165, 1.54) is 19.3 Å². The Balaban J connectivity index is 2.00. The van der Waals surface area contributed by atoms with Crippen molar-refractivity contribution in [3.63, 3.8) is 0 Å². The second-order valence-electron chi connectivity index (χ2n) is 5.28. The molecule has 2 atom stereocenters. The van der Waals surface area contributed by atoms with Crippen LogP contribution in [-0.2, 0) is 4.79 Å². The third-order valence-corrected chi connectivity index (χ3v) is 3.35. The lowest BCUT2D eigenvalue weighted by molar-refractivity contribution is -0.120. The number of hydrogen-bond acceptors (Lipinski definition) is 2. The smallest absolute Gasteiger partial charge is 0.233 e. The molecule has 0 aliphatic heterocycles. The first kappa shape index (κ1) is 13.5. The summed E-state index contributed by atoms with van der Waals surface area (Å²) >= 11 is 0. The molecule has 1 fully saturated rings. The van der Waals surface area contributed by atoms with Crippen LogP contribution in [0.1, 0.15) is 46.5 Å². The third-order valence-electron chi connectivity index (χ3n) is 3.35. The molecule has 0 spiro atoms. The quantitative estimate of drug-likeness (QED) is 0.664. The van der Waals surface area contributed by atoms with E-state index in [2.05, 4.69) is 31.4 Å². The summed E-state index contributed by atoms with van der Waals surface area (Å²) in [4.78, 5) is 11.5. The second kappa shape index (κ2) is 6.89. The highest BCUT2D eigenvalue weighted by Gasteiger charge is 2.21. The van der Waals surface area contributed by atoms with Crippen molar-refractivity contribution in [1.82, 2.24) is 10.6 Å². The summed E-state index contributed by atoms with van der Waals surface area (Å²) in [7, 11) is 0. The first-order chi connectivity index (χ1) is 7.61. The Morgan fingerprint density at radius 2 is 2.06 bits per heavy atom. The Labute approximate surface area is 99.4 Å². The minimum atomic E-state index is 0.142. The first-order valence-electron chi connectivity index (χ1n) is 6.61. The summed E-state index contributed by atoms with van der Waals surface area (Å²) in [5, 5.41) is 6.25. The standard InChI is InChI=1S/C13H26N2O/c1-4-10(2)7-11(3)14-9-13(16)15-8-12-5-6-12/h10-12,14H,4-9H2,1-3H3,(H,15,16). The summed E-state index contributed by atoms with van der Waals surface area (Å²) in [6, 6.07) is 0.432. The Bertz CT molecular complexity index is 214. The van der Waals surface area contributed by atoms with Gasteiger partial charge in [0.05, 0.1) is 6.54 Å². The highest BCUT2D eigenvalue weighted by atomic mass is 16.1. The fraction of sp³-hybridized carbons (Fsp3) is 0.923. The van der Waals surface area contributed by atoms with Crippen LogP contribution in [0.25, 0.3) is 0 Å². The number of hydrogen-bond donors (Lipinski definition) is 2. The molecular formula is C13H26N2O. The molecule has 0 aromatic rings. The Morgan fingerprint density at radius 3 is 2.62 bits per heavy atom.